The number of imidazole rings is 1. The van der Waals surface area contributed by atoms with Crippen molar-refractivity contribution in [3.8, 4) is 11.5 Å². The van der Waals surface area contributed by atoms with Gasteiger partial charge in [-0.1, -0.05) is 6.07 Å². The third-order valence-electron chi connectivity index (χ3n) is 2.49. The zero-order valence-corrected chi connectivity index (χ0v) is 9.35. The zero-order valence-electron chi connectivity index (χ0n) is 9.35. The molecule has 0 amide bonds. The van der Waals surface area contributed by atoms with Gasteiger partial charge in [0, 0.05) is 31.4 Å². The van der Waals surface area contributed by atoms with E-state index >= 15 is 0 Å². The molecule has 2 rings (SSSR count). The lowest BCUT2D eigenvalue weighted by Gasteiger charge is -2.05. The summed E-state index contributed by atoms with van der Waals surface area (Å²) < 4.78 is 0. The highest BCUT2D eigenvalue weighted by Crippen LogP contribution is 2.24. The third-order valence-corrected chi connectivity index (χ3v) is 2.49. The summed E-state index contributed by atoms with van der Waals surface area (Å²) in [6.07, 6.45) is 4.34. The molecule has 0 aliphatic heterocycles. The van der Waals surface area contributed by atoms with Gasteiger partial charge in [-0.05, 0) is 17.7 Å². The minimum atomic E-state index is -0.0915. The van der Waals surface area contributed by atoms with E-state index < -0.39 is 0 Å². The molecular weight excluding hydrogens is 218 g/mol. The number of nitrogens with zero attached hydrogens (tertiary/aromatic N) is 1. The van der Waals surface area contributed by atoms with Crippen molar-refractivity contribution in [1.29, 1.82) is 0 Å². The Balaban J connectivity index is 1.76. The molecule has 0 saturated carbocycles. The lowest BCUT2D eigenvalue weighted by atomic mass is 10.2. The Hall–Kier alpha value is -2.01. The van der Waals surface area contributed by atoms with Crippen molar-refractivity contribution in [3.63, 3.8) is 0 Å². The van der Waals surface area contributed by atoms with Crippen LogP contribution in [-0.2, 0) is 13.0 Å². The van der Waals surface area contributed by atoms with E-state index in [9.17, 15) is 5.11 Å². The molecule has 0 atom stereocenters. The molecule has 2 aromatic rings. The van der Waals surface area contributed by atoms with Crippen LogP contribution in [0.5, 0.6) is 11.5 Å². The number of benzene rings is 1. The number of H-pyrrole nitrogens is 1. The van der Waals surface area contributed by atoms with Crippen LogP contribution in [0.15, 0.2) is 30.7 Å². The Morgan fingerprint density at radius 2 is 2.12 bits per heavy atom. The second-order valence-electron chi connectivity index (χ2n) is 3.83. The summed E-state index contributed by atoms with van der Waals surface area (Å²) >= 11 is 0. The van der Waals surface area contributed by atoms with E-state index in [1.54, 1.807) is 24.7 Å². The lowest BCUT2D eigenvalue weighted by molar-refractivity contribution is 0.403. The normalized spacial score (nSPS) is 10.6. The van der Waals surface area contributed by atoms with E-state index in [0.717, 1.165) is 24.2 Å². The van der Waals surface area contributed by atoms with Gasteiger partial charge in [-0.2, -0.15) is 0 Å². The fraction of sp³-hybridized carbons (Fsp3) is 0.250. The Morgan fingerprint density at radius 1 is 1.24 bits per heavy atom. The molecule has 1 aromatic heterocycles. The van der Waals surface area contributed by atoms with Crippen LogP contribution in [0.2, 0.25) is 0 Å². The molecular formula is C12H15N3O2. The second kappa shape index (κ2) is 5.36. The van der Waals surface area contributed by atoms with E-state index in [1.807, 2.05) is 0 Å². The smallest absolute Gasteiger partial charge is 0.157 e. The molecule has 1 aromatic carbocycles. The molecule has 90 valence electrons. The van der Waals surface area contributed by atoms with Crippen molar-refractivity contribution >= 4 is 0 Å². The summed E-state index contributed by atoms with van der Waals surface area (Å²) in [4.78, 5) is 6.96. The monoisotopic (exact) mass is 233 g/mol. The van der Waals surface area contributed by atoms with Crippen molar-refractivity contribution in [2.45, 2.75) is 13.0 Å². The summed E-state index contributed by atoms with van der Waals surface area (Å²) in [6, 6.07) is 4.82. The quantitative estimate of drug-likeness (QED) is 0.461. The number of aromatic hydroxyl groups is 2. The summed E-state index contributed by atoms with van der Waals surface area (Å²) in [7, 11) is 0. The van der Waals surface area contributed by atoms with Gasteiger partial charge >= 0.3 is 0 Å². The van der Waals surface area contributed by atoms with Crippen molar-refractivity contribution in [2.75, 3.05) is 6.54 Å². The Morgan fingerprint density at radius 3 is 2.82 bits per heavy atom. The second-order valence-corrected chi connectivity index (χ2v) is 3.83. The number of aromatic nitrogens is 2. The first-order valence-corrected chi connectivity index (χ1v) is 5.44. The Labute approximate surface area is 99.2 Å². The molecule has 0 aliphatic carbocycles. The van der Waals surface area contributed by atoms with Gasteiger partial charge in [-0.15, -0.1) is 0 Å². The predicted molar refractivity (Wildman–Crippen MR) is 63.8 cm³/mol. The highest BCUT2D eigenvalue weighted by molar-refractivity contribution is 5.40. The molecule has 4 N–H and O–H groups in total. The van der Waals surface area contributed by atoms with Crippen molar-refractivity contribution in [2.24, 2.45) is 0 Å². The number of hydrogen-bond donors (Lipinski definition) is 4. The maximum absolute atomic E-state index is 9.32. The summed E-state index contributed by atoms with van der Waals surface area (Å²) in [5, 5.41) is 21.7. The van der Waals surface area contributed by atoms with Gasteiger partial charge in [-0.25, -0.2) is 4.98 Å². The number of phenols is 2. The van der Waals surface area contributed by atoms with Crippen LogP contribution in [-0.4, -0.2) is 26.7 Å². The topological polar surface area (TPSA) is 81.2 Å². The minimum Gasteiger partial charge on any atom is -0.504 e. The maximum Gasteiger partial charge on any atom is 0.157 e. The number of nitrogens with one attached hydrogen (secondary N) is 2. The van der Waals surface area contributed by atoms with Crippen LogP contribution >= 0.6 is 0 Å². The van der Waals surface area contributed by atoms with Gasteiger partial charge in [0.25, 0.3) is 0 Å². The predicted octanol–water partition coefficient (Wildman–Crippen LogP) is 1.15. The molecule has 5 nitrogen and oxygen atoms in total. The van der Waals surface area contributed by atoms with Crippen LogP contribution in [0.1, 0.15) is 11.3 Å². The van der Waals surface area contributed by atoms with Crippen LogP contribution in [0.4, 0.5) is 0 Å². The van der Waals surface area contributed by atoms with Gasteiger partial charge in [-0.3, -0.25) is 0 Å². The molecule has 0 spiro atoms. The van der Waals surface area contributed by atoms with Crippen LogP contribution in [0.25, 0.3) is 0 Å². The molecule has 5 heteroatoms. The van der Waals surface area contributed by atoms with Gasteiger partial charge < -0.3 is 20.5 Å². The van der Waals surface area contributed by atoms with Gasteiger partial charge in [0.15, 0.2) is 11.5 Å². The van der Waals surface area contributed by atoms with Crippen LogP contribution in [0, 0.1) is 0 Å². The number of phenolic OH excluding ortho intramolecular Hbond substituents is 2. The van der Waals surface area contributed by atoms with Crippen molar-refractivity contribution in [1.82, 2.24) is 15.3 Å². The first kappa shape index (κ1) is 11.5. The fourth-order valence-corrected chi connectivity index (χ4v) is 1.56. The molecule has 1 heterocycles. The summed E-state index contributed by atoms with van der Waals surface area (Å²) in [5.41, 5.74) is 2.02. The number of hydrogen-bond acceptors (Lipinski definition) is 4. The Bertz CT molecular complexity index is 469. The summed E-state index contributed by atoms with van der Waals surface area (Å²) in [6.45, 7) is 1.48. The fourth-order valence-electron chi connectivity index (χ4n) is 1.56. The van der Waals surface area contributed by atoms with Gasteiger partial charge in [0.1, 0.15) is 0 Å². The average Bonchev–Trinajstić information content (AvgIpc) is 2.82. The van der Waals surface area contributed by atoms with Gasteiger partial charge in [0.05, 0.1) is 6.33 Å². The van der Waals surface area contributed by atoms with E-state index in [0.29, 0.717) is 6.54 Å². The molecule has 0 bridgehead atoms. The SMILES string of the molecule is Oc1ccc(CNCCc2cnc[nH]2)cc1O. The molecule has 17 heavy (non-hydrogen) atoms. The average molecular weight is 233 g/mol. The lowest BCUT2D eigenvalue weighted by Crippen LogP contribution is -2.16. The molecule has 0 radical (unpaired) electrons. The minimum absolute atomic E-state index is 0.0853. The third kappa shape index (κ3) is 3.22. The highest BCUT2D eigenvalue weighted by atomic mass is 16.3. The first-order chi connectivity index (χ1) is 8.25. The van der Waals surface area contributed by atoms with Crippen molar-refractivity contribution < 1.29 is 10.2 Å². The van der Waals surface area contributed by atoms with E-state index in [-0.39, 0.29) is 11.5 Å². The number of rotatable bonds is 5. The largest absolute Gasteiger partial charge is 0.504 e. The van der Waals surface area contributed by atoms with Gasteiger partial charge in [0.2, 0.25) is 0 Å². The van der Waals surface area contributed by atoms with E-state index in [2.05, 4.69) is 15.3 Å². The molecule has 0 saturated heterocycles. The molecule has 0 fully saturated rings. The van der Waals surface area contributed by atoms with Crippen molar-refractivity contribution in [3.05, 3.63) is 42.0 Å². The molecule has 0 aliphatic rings. The number of aromatic amines is 1. The first-order valence-electron chi connectivity index (χ1n) is 5.44. The van der Waals surface area contributed by atoms with E-state index in [1.165, 1.54) is 6.07 Å². The van der Waals surface area contributed by atoms with Crippen LogP contribution < -0.4 is 5.32 Å². The maximum atomic E-state index is 9.32. The standard InChI is InChI=1S/C12H15N3O2/c16-11-2-1-9(5-12(11)17)6-13-4-3-10-7-14-8-15-10/h1-2,5,7-8,13,16-17H,3-4,6H2,(H,14,15). The Kier molecular flexibility index (Phi) is 3.62. The zero-order chi connectivity index (χ0) is 12.1. The van der Waals surface area contributed by atoms with Crippen LogP contribution in [0.3, 0.4) is 0 Å². The van der Waals surface area contributed by atoms with E-state index in [4.69, 9.17) is 5.11 Å². The molecule has 0 unspecified atom stereocenters. The summed E-state index contributed by atoms with van der Waals surface area (Å²) in [5.74, 6) is -0.177. The highest BCUT2D eigenvalue weighted by Gasteiger charge is 2.00.